The first-order valence-electron chi connectivity index (χ1n) is 10.6. The van der Waals surface area contributed by atoms with Crippen LogP contribution in [0.4, 0.5) is 5.69 Å². The van der Waals surface area contributed by atoms with Crippen molar-refractivity contribution in [3.05, 3.63) is 29.8 Å². The van der Waals surface area contributed by atoms with E-state index in [2.05, 4.69) is 20.9 Å². The van der Waals surface area contributed by atoms with Gasteiger partial charge in [-0.2, -0.15) is 0 Å². The summed E-state index contributed by atoms with van der Waals surface area (Å²) in [5.74, 6) is 1.24. The summed E-state index contributed by atoms with van der Waals surface area (Å²) in [4.78, 5) is 17.1. The first-order valence-corrected chi connectivity index (χ1v) is 12.4. The van der Waals surface area contributed by atoms with Crippen LogP contribution in [0.15, 0.2) is 29.3 Å². The van der Waals surface area contributed by atoms with E-state index in [0.29, 0.717) is 25.5 Å². The maximum atomic E-state index is 12.5. The van der Waals surface area contributed by atoms with E-state index in [0.717, 1.165) is 36.9 Å². The standard InChI is InChI=1S/C21H32N4O3S/c1-2-22-21(25-19-11-12-29(27,28)15-19)23-14-16-7-6-10-18(13-16)24-20(26)17-8-4-3-5-9-17/h6-7,10,13,17,19H,2-5,8-9,11-12,14-15H2,1H3,(H,24,26)(H2,22,23,25). The van der Waals surface area contributed by atoms with Gasteiger partial charge < -0.3 is 16.0 Å². The first kappa shape index (κ1) is 21.6. The number of anilines is 1. The highest BCUT2D eigenvalue weighted by molar-refractivity contribution is 7.91. The normalized spacial score (nSPS) is 22.2. The fraction of sp³-hybridized carbons (Fsp3) is 0.619. The summed E-state index contributed by atoms with van der Waals surface area (Å²) < 4.78 is 23.3. The van der Waals surface area contributed by atoms with Gasteiger partial charge in [-0.1, -0.05) is 31.4 Å². The summed E-state index contributed by atoms with van der Waals surface area (Å²) in [6, 6.07) is 7.65. The molecule has 1 atom stereocenters. The molecule has 1 amide bonds. The molecular weight excluding hydrogens is 388 g/mol. The fourth-order valence-corrected chi connectivity index (χ4v) is 5.62. The lowest BCUT2D eigenvalue weighted by atomic mass is 9.88. The molecule has 0 spiro atoms. The van der Waals surface area contributed by atoms with Gasteiger partial charge in [-0.15, -0.1) is 0 Å². The average Bonchev–Trinajstić information content (AvgIpc) is 3.05. The highest BCUT2D eigenvalue weighted by atomic mass is 32.2. The van der Waals surface area contributed by atoms with Crippen molar-refractivity contribution < 1.29 is 13.2 Å². The molecule has 1 aromatic rings. The van der Waals surface area contributed by atoms with Crippen molar-refractivity contribution in [2.24, 2.45) is 10.9 Å². The highest BCUT2D eigenvalue weighted by Crippen LogP contribution is 2.25. The Morgan fingerprint density at radius 3 is 2.66 bits per heavy atom. The molecule has 1 aromatic carbocycles. The third-order valence-electron chi connectivity index (χ3n) is 5.51. The highest BCUT2D eigenvalue weighted by Gasteiger charge is 2.28. The number of hydrogen-bond donors (Lipinski definition) is 3. The van der Waals surface area contributed by atoms with Crippen LogP contribution < -0.4 is 16.0 Å². The molecule has 1 heterocycles. The van der Waals surface area contributed by atoms with E-state index in [4.69, 9.17) is 0 Å². The zero-order chi connectivity index (χ0) is 20.7. The Hall–Kier alpha value is -2.09. The Bertz CT molecular complexity index is 832. The maximum absolute atomic E-state index is 12.5. The second-order valence-electron chi connectivity index (χ2n) is 7.96. The van der Waals surface area contributed by atoms with Crippen molar-refractivity contribution in [3.8, 4) is 0 Å². The minimum absolute atomic E-state index is 0.0982. The topological polar surface area (TPSA) is 99.7 Å². The first-order chi connectivity index (χ1) is 13.9. The molecule has 1 unspecified atom stereocenters. The van der Waals surface area contributed by atoms with E-state index >= 15 is 0 Å². The third-order valence-corrected chi connectivity index (χ3v) is 7.28. The van der Waals surface area contributed by atoms with E-state index in [9.17, 15) is 13.2 Å². The summed E-state index contributed by atoms with van der Waals surface area (Å²) >= 11 is 0. The number of amides is 1. The van der Waals surface area contributed by atoms with E-state index in [-0.39, 0.29) is 29.4 Å². The molecule has 2 aliphatic rings. The number of guanidine groups is 1. The lowest BCUT2D eigenvalue weighted by Gasteiger charge is -2.20. The number of carbonyl (C=O) groups excluding carboxylic acids is 1. The predicted octanol–water partition coefficient (Wildman–Crippen LogP) is 2.45. The fourth-order valence-electron chi connectivity index (χ4n) is 3.95. The Morgan fingerprint density at radius 2 is 1.97 bits per heavy atom. The van der Waals surface area contributed by atoms with Gasteiger partial charge in [-0.25, -0.2) is 13.4 Å². The minimum Gasteiger partial charge on any atom is -0.357 e. The van der Waals surface area contributed by atoms with Gasteiger partial charge in [0.1, 0.15) is 0 Å². The zero-order valence-corrected chi connectivity index (χ0v) is 17.9. The summed E-state index contributed by atoms with van der Waals surface area (Å²) in [7, 11) is -2.94. The van der Waals surface area contributed by atoms with Gasteiger partial charge in [0.05, 0.1) is 18.1 Å². The van der Waals surface area contributed by atoms with Crippen LogP contribution >= 0.6 is 0 Å². The minimum atomic E-state index is -2.94. The van der Waals surface area contributed by atoms with Gasteiger partial charge in [0.15, 0.2) is 15.8 Å². The number of sulfone groups is 1. The van der Waals surface area contributed by atoms with Gasteiger partial charge in [-0.05, 0) is 43.9 Å². The van der Waals surface area contributed by atoms with Crippen LogP contribution in [0, 0.1) is 5.92 Å². The largest absolute Gasteiger partial charge is 0.357 e. The van der Waals surface area contributed by atoms with Gasteiger partial charge in [0.25, 0.3) is 0 Å². The Kier molecular flexibility index (Phi) is 7.52. The molecule has 3 N–H and O–H groups in total. The smallest absolute Gasteiger partial charge is 0.227 e. The van der Waals surface area contributed by atoms with Crippen LogP contribution in [-0.4, -0.2) is 44.4 Å². The van der Waals surface area contributed by atoms with Crippen LogP contribution in [0.5, 0.6) is 0 Å². The molecule has 7 nitrogen and oxygen atoms in total. The molecule has 8 heteroatoms. The maximum Gasteiger partial charge on any atom is 0.227 e. The molecule has 29 heavy (non-hydrogen) atoms. The summed E-state index contributed by atoms with van der Waals surface area (Å²) in [6.07, 6.45) is 6.06. The third kappa shape index (κ3) is 6.73. The van der Waals surface area contributed by atoms with Crippen molar-refractivity contribution in [2.75, 3.05) is 23.4 Å². The molecule has 1 aliphatic heterocycles. The molecule has 3 rings (SSSR count). The monoisotopic (exact) mass is 420 g/mol. The quantitative estimate of drug-likeness (QED) is 0.485. The molecule has 0 aromatic heterocycles. The molecule has 0 radical (unpaired) electrons. The lowest BCUT2D eigenvalue weighted by Crippen LogP contribution is -2.44. The number of rotatable bonds is 6. The van der Waals surface area contributed by atoms with Gasteiger partial charge >= 0.3 is 0 Å². The van der Waals surface area contributed by atoms with E-state index < -0.39 is 9.84 Å². The van der Waals surface area contributed by atoms with Crippen molar-refractivity contribution in [3.63, 3.8) is 0 Å². The number of nitrogens with one attached hydrogen (secondary N) is 3. The summed E-state index contributed by atoms with van der Waals surface area (Å²) in [5, 5.41) is 9.44. The molecule has 1 aliphatic carbocycles. The molecule has 160 valence electrons. The average molecular weight is 421 g/mol. The van der Waals surface area contributed by atoms with Crippen molar-refractivity contribution in [2.45, 2.75) is 58.0 Å². The molecule has 0 bridgehead atoms. The van der Waals surface area contributed by atoms with Crippen LogP contribution in [0.2, 0.25) is 0 Å². The summed E-state index contributed by atoms with van der Waals surface area (Å²) in [6.45, 7) is 3.12. The molecule has 2 fully saturated rings. The van der Waals surface area contributed by atoms with Crippen LogP contribution in [0.25, 0.3) is 0 Å². The Labute approximate surface area is 173 Å². The van der Waals surface area contributed by atoms with Crippen molar-refractivity contribution in [1.82, 2.24) is 10.6 Å². The van der Waals surface area contributed by atoms with Gasteiger partial charge in [-0.3, -0.25) is 4.79 Å². The van der Waals surface area contributed by atoms with Crippen LogP contribution in [0.1, 0.15) is 51.0 Å². The molecular formula is C21H32N4O3S. The second-order valence-corrected chi connectivity index (χ2v) is 10.2. The molecule has 1 saturated carbocycles. The number of aliphatic imine (C=N–C) groups is 1. The van der Waals surface area contributed by atoms with Gasteiger partial charge in [0.2, 0.25) is 5.91 Å². The lowest BCUT2D eigenvalue weighted by molar-refractivity contribution is -0.120. The SMILES string of the molecule is CCNC(=NCc1cccc(NC(=O)C2CCCCC2)c1)NC1CCS(=O)(=O)C1. The van der Waals surface area contributed by atoms with E-state index in [1.165, 1.54) is 6.42 Å². The van der Waals surface area contributed by atoms with Crippen molar-refractivity contribution in [1.29, 1.82) is 0 Å². The number of hydrogen-bond acceptors (Lipinski definition) is 4. The predicted molar refractivity (Wildman–Crippen MR) is 117 cm³/mol. The number of carbonyl (C=O) groups is 1. The van der Waals surface area contributed by atoms with Crippen LogP contribution in [-0.2, 0) is 21.2 Å². The van der Waals surface area contributed by atoms with Crippen molar-refractivity contribution >= 4 is 27.4 Å². The number of benzene rings is 1. The second kappa shape index (κ2) is 10.1. The molecule has 1 saturated heterocycles. The Balaban J connectivity index is 1.59. The Morgan fingerprint density at radius 1 is 1.17 bits per heavy atom. The van der Waals surface area contributed by atoms with Crippen LogP contribution in [0.3, 0.4) is 0 Å². The number of nitrogens with zero attached hydrogens (tertiary/aromatic N) is 1. The van der Waals surface area contributed by atoms with Gasteiger partial charge in [0, 0.05) is 24.2 Å². The van der Waals surface area contributed by atoms with E-state index in [1.54, 1.807) is 0 Å². The zero-order valence-electron chi connectivity index (χ0n) is 17.1. The summed E-state index contributed by atoms with van der Waals surface area (Å²) in [5.41, 5.74) is 1.79. The van der Waals surface area contributed by atoms with E-state index in [1.807, 2.05) is 31.2 Å².